The Morgan fingerprint density at radius 1 is 0.709 bits per heavy atom. The highest BCUT2D eigenvalue weighted by molar-refractivity contribution is 7.86. The predicted octanol–water partition coefficient (Wildman–Crippen LogP) is 4.34. The van der Waals surface area contributed by atoms with Crippen LogP contribution in [0.15, 0.2) is 106 Å². The Morgan fingerprint density at radius 3 is 1.89 bits per heavy atom. The molecule has 3 aliphatic rings. The highest BCUT2D eigenvalue weighted by Crippen LogP contribution is 2.48. The molecular weight excluding hydrogens is 797 g/mol. The maximum Gasteiger partial charge on any atom is 0.294 e. The summed E-state index contributed by atoms with van der Waals surface area (Å²) < 4.78 is 134. The molecule has 0 aromatic heterocycles. The summed E-state index contributed by atoms with van der Waals surface area (Å²) >= 11 is 0. The van der Waals surface area contributed by atoms with Crippen molar-refractivity contribution in [3.8, 4) is 0 Å². The SMILES string of the molecule is CC1(C)C(=CC=C2C=C(C=CC3=[N+](CCCS(=O)(=O)O)c4ccc(S(=O)(=O)O)cc4C3(C)C)C=CC2=O)N(CCCS(=O)(=O)O)c2ccc(S(=O)(=O)O)cc21. The fraction of sp³-hybridized carbons (Fsp3) is 0.333. The van der Waals surface area contributed by atoms with E-state index in [0.29, 0.717) is 39.5 Å². The molecule has 0 fully saturated rings. The molecule has 2 aromatic carbocycles. The van der Waals surface area contributed by atoms with Gasteiger partial charge in [-0.2, -0.15) is 38.2 Å². The van der Waals surface area contributed by atoms with Crippen molar-refractivity contribution in [2.75, 3.05) is 29.5 Å². The van der Waals surface area contributed by atoms with E-state index in [1.807, 2.05) is 13.8 Å². The van der Waals surface area contributed by atoms with Crippen LogP contribution in [0.25, 0.3) is 0 Å². The number of carbonyl (C=O) groups excluding carboxylic acids is 1. The maximum absolute atomic E-state index is 13.1. The van der Waals surface area contributed by atoms with Gasteiger partial charge in [-0.15, -0.1) is 0 Å². The van der Waals surface area contributed by atoms with E-state index in [-0.39, 0.29) is 47.1 Å². The van der Waals surface area contributed by atoms with Crippen LogP contribution in [-0.2, 0) is 56.1 Å². The molecule has 5 rings (SSSR count). The lowest BCUT2D eigenvalue weighted by Gasteiger charge is -2.27. The first kappa shape index (κ1) is 42.1. The van der Waals surface area contributed by atoms with Gasteiger partial charge < -0.3 is 4.90 Å². The molecule has 0 amide bonds. The topological polar surface area (TPSA) is 241 Å². The Balaban J connectivity index is 1.54. The van der Waals surface area contributed by atoms with E-state index in [1.165, 1.54) is 42.5 Å². The molecule has 2 aliphatic heterocycles. The van der Waals surface area contributed by atoms with Crippen molar-refractivity contribution in [2.24, 2.45) is 0 Å². The van der Waals surface area contributed by atoms with Crippen LogP contribution in [0.4, 0.5) is 11.4 Å². The molecule has 15 nitrogen and oxygen atoms in total. The standard InChI is InChI=1S/C36H40N2O13S4/c1-35(2)28-22-26(54(46,47)48)10-12-30(28)37(17-5-19-52(40,41)42)33(35)15-8-24-7-14-32(39)25(21-24)9-16-34-36(3,4)29-23-27(55(49,50)51)11-13-31(29)38(34)18-6-20-53(43,44)45/h7-16,21-23H,5-6,17-20H2,1-4H3,(H3-,40,41,42,43,44,45,46,47,48,49,50,51)/p+1. The summed E-state index contributed by atoms with van der Waals surface area (Å²) in [6.07, 6.45) is 11.3. The Kier molecular flexibility index (Phi) is 11.3. The molecule has 0 saturated carbocycles. The van der Waals surface area contributed by atoms with Crippen molar-refractivity contribution in [1.82, 2.24) is 0 Å². The predicted molar refractivity (Wildman–Crippen MR) is 205 cm³/mol. The minimum atomic E-state index is -4.55. The van der Waals surface area contributed by atoms with Crippen LogP contribution in [0.5, 0.6) is 0 Å². The van der Waals surface area contributed by atoms with E-state index in [1.54, 1.807) is 59.8 Å². The van der Waals surface area contributed by atoms with Gasteiger partial charge in [-0.05, 0) is 92.1 Å². The van der Waals surface area contributed by atoms with Crippen LogP contribution in [0.2, 0.25) is 0 Å². The summed E-state index contributed by atoms with van der Waals surface area (Å²) in [7, 11) is -17.6. The van der Waals surface area contributed by atoms with Crippen molar-refractivity contribution in [2.45, 2.75) is 61.2 Å². The van der Waals surface area contributed by atoms with Gasteiger partial charge in [0, 0.05) is 53.0 Å². The minimum Gasteiger partial charge on any atom is -0.344 e. The van der Waals surface area contributed by atoms with Gasteiger partial charge in [0.2, 0.25) is 5.69 Å². The number of allylic oxidation sites excluding steroid dienone is 10. The third-order valence-corrected chi connectivity index (χ3v) is 13.1. The minimum absolute atomic E-state index is 0.0157. The molecule has 0 atom stereocenters. The van der Waals surface area contributed by atoms with Crippen molar-refractivity contribution < 1.29 is 61.3 Å². The molecule has 55 heavy (non-hydrogen) atoms. The van der Waals surface area contributed by atoms with E-state index < -0.39 is 62.8 Å². The van der Waals surface area contributed by atoms with Gasteiger partial charge in [-0.25, -0.2) is 0 Å². The van der Waals surface area contributed by atoms with Gasteiger partial charge in [-0.1, -0.05) is 19.9 Å². The molecule has 0 spiro atoms. The molecular formula is C36H41N2O13S4+. The third kappa shape index (κ3) is 9.32. The van der Waals surface area contributed by atoms with Crippen molar-refractivity contribution >= 4 is 63.3 Å². The normalized spacial score (nSPS) is 19.8. The van der Waals surface area contributed by atoms with Crippen LogP contribution < -0.4 is 4.90 Å². The largest absolute Gasteiger partial charge is 0.344 e. The summed E-state index contributed by atoms with van der Waals surface area (Å²) in [5, 5.41) is 0. The lowest BCUT2D eigenvalue weighted by molar-refractivity contribution is -0.437. The third-order valence-electron chi connectivity index (χ3n) is 9.78. The molecule has 2 heterocycles. The molecule has 4 N–H and O–H groups in total. The zero-order valence-corrected chi connectivity index (χ0v) is 33.5. The summed E-state index contributed by atoms with van der Waals surface area (Å²) in [5.74, 6) is -1.38. The Labute approximate surface area is 320 Å². The van der Waals surface area contributed by atoms with Gasteiger partial charge in [0.1, 0.15) is 6.54 Å². The first-order chi connectivity index (χ1) is 25.2. The zero-order valence-electron chi connectivity index (χ0n) is 30.2. The fourth-order valence-electron chi connectivity index (χ4n) is 7.07. The highest BCUT2D eigenvalue weighted by atomic mass is 32.2. The van der Waals surface area contributed by atoms with Crippen LogP contribution in [-0.4, -0.2) is 92.5 Å². The zero-order chi connectivity index (χ0) is 40.9. The van der Waals surface area contributed by atoms with Gasteiger partial charge in [0.15, 0.2) is 11.5 Å². The number of rotatable bonds is 13. The number of ketones is 1. The molecule has 0 saturated heterocycles. The van der Waals surface area contributed by atoms with E-state index in [9.17, 15) is 56.7 Å². The van der Waals surface area contributed by atoms with Gasteiger partial charge >= 0.3 is 0 Å². The van der Waals surface area contributed by atoms with Crippen molar-refractivity contribution in [3.05, 3.63) is 107 Å². The summed E-state index contributed by atoms with van der Waals surface area (Å²) in [6, 6.07) is 8.16. The second kappa shape index (κ2) is 14.8. The van der Waals surface area contributed by atoms with E-state index >= 15 is 0 Å². The van der Waals surface area contributed by atoms with Crippen LogP contribution in [0, 0.1) is 0 Å². The summed E-state index contributed by atoms with van der Waals surface area (Å²) in [6.45, 7) is 7.51. The molecule has 0 bridgehead atoms. The van der Waals surface area contributed by atoms with E-state index in [2.05, 4.69) is 0 Å². The highest BCUT2D eigenvalue weighted by Gasteiger charge is 2.45. The number of hydrogen-bond acceptors (Lipinski definition) is 10. The Bertz CT molecular complexity index is 2610. The van der Waals surface area contributed by atoms with Crippen LogP contribution >= 0.6 is 0 Å². The second-order valence-electron chi connectivity index (χ2n) is 14.4. The second-order valence-corrected chi connectivity index (χ2v) is 20.4. The number of hydrogen-bond donors (Lipinski definition) is 4. The number of nitrogens with zero attached hydrogens (tertiary/aromatic N) is 2. The van der Waals surface area contributed by atoms with Gasteiger partial charge in [0.25, 0.3) is 40.5 Å². The van der Waals surface area contributed by atoms with E-state index in [4.69, 9.17) is 0 Å². The Hall–Kier alpha value is -4.08. The first-order valence-electron chi connectivity index (χ1n) is 16.8. The van der Waals surface area contributed by atoms with Crippen LogP contribution in [0.1, 0.15) is 51.7 Å². The van der Waals surface area contributed by atoms with E-state index in [0.717, 1.165) is 0 Å². The number of fused-ring (bicyclic) bond motifs is 2. The molecule has 0 radical (unpaired) electrons. The smallest absolute Gasteiger partial charge is 0.294 e. The Morgan fingerprint density at radius 2 is 1.29 bits per heavy atom. The van der Waals surface area contributed by atoms with Crippen LogP contribution in [0.3, 0.4) is 0 Å². The quantitative estimate of drug-likeness (QED) is 0.125. The lowest BCUT2D eigenvalue weighted by atomic mass is 9.81. The maximum atomic E-state index is 13.1. The monoisotopic (exact) mass is 837 g/mol. The summed E-state index contributed by atoms with van der Waals surface area (Å²) in [5.41, 5.74) is 2.53. The molecule has 296 valence electrons. The number of benzene rings is 2. The number of carbonyl (C=O) groups is 1. The van der Waals surface area contributed by atoms with Gasteiger partial charge in [0.05, 0.1) is 26.7 Å². The fourth-order valence-corrected chi connectivity index (χ4v) is 9.07. The molecule has 2 aromatic rings. The molecule has 19 heteroatoms. The number of anilines is 1. The lowest BCUT2D eigenvalue weighted by Crippen LogP contribution is -2.28. The van der Waals surface area contributed by atoms with Crippen molar-refractivity contribution in [1.29, 1.82) is 0 Å². The van der Waals surface area contributed by atoms with Crippen molar-refractivity contribution in [3.63, 3.8) is 0 Å². The molecule has 1 aliphatic carbocycles. The van der Waals surface area contributed by atoms with Gasteiger partial charge in [-0.3, -0.25) is 23.0 Å². The average molecular weight is 838 g/mol. The molecule has 0 unspecified atom stereocenters. The summed E-state index contributed by atoms with van der Waals surface area (Å²) in [4.78, 5) is 14.2. The average Bonchev–Trinajstić information content (AvgIpc) is 3.39. The first-order valence-corrected chi connectivity index (χ1v) is 22.9.